The fraction of sp³-hybridized carbons (Fsp3) is 0.429. The van der Waals surface area contributed by atoms with Crippen LogP contribution in [0.4, 0.5) is 42.1 Å². The summed E-state index contributed by atoms with van der Waals surface area (Å²) in [5.41, 5.74) is 0.382. The highest BCUT2D eigenvalue weighted by molar-refractivity contribution is 5.94. The van der Waals surface area contributed by atoms with E-state index in [1.54, 1.807) is 0 Å². The smallest absolute Gasteiger partial charge is 0.373 e. The Kier molecular flexibility index (Phi) is 6.32. The number of hydrogen-bond acceptors (Lipinski definition) is 5. The Bertz CT molecular complexity index is 1050. The zero-order valence-corrected chi connectivity index (χ0v) is 17.5. The monoisotopic (exact) mass is 492 g/mol. The zero-order chi connectivity index (χ0) is 24.7. The number of ether oxygens (including phenoxy) is 1. The molecular weight excluding hydrogens is 473 g/mol. The first-order valence-corrected chi connectivity index (χ1v) is 10.2. The molecule has 1 fully saturated rings. The molecule has 0 bridgehead atoms. The molecule has 1 atom stereocenters. The van der Waals surface area contributed by atoms with E-state index in [9.17, 15) is 35.5 Å². The summed E-state index contributed by atoms with van der Waals surface area (Å²) < 4.78 is 98.8. The Labute approximate surface area is 189 Å². The summed E-state index contributed by atoms with van der Waals surface area (Å²) in [6, 6.07) is 6.88. The number of anilines is 2. The van der Waals surface area contributed by atoms with Gasteiger partial charge >= 0.3 is 6.18 Å². The van der Waals surface area contributed by atoms with Crippen LogP contribution >= 0.6 is 0 Å². The topological polar surface area (TPSA) is 57.7 Å². The molecule has 1 saturated heterocycles. The van der Waals surface area contributed by atoms with E-state index >= 15 is 0 Å². The van der Waals surface area contributed by atoms with E-state index in [2.05, 4.69) is 10.3 Å². The highest BCUT2D eigenvalue weighted by atomic mass is 19.4. The molecule has 2 aliphatic rings. The van der Waals surface area contributed by atoms with E-state index in [-0.39, 0.29) is 35.8 Å². The number of halogens is 7. The van der Waals surface area contributed by atoms with Gasteiger partial charge in [0.05, 0.1) is 31.1 Å². The second kappa shape index (κ2) is 8.93. The maximum absolute atomic E-state index is 13.8. The van der Waals surface area contributed by atoms with Gasteiger partial charge < -0.3 is 19.9 Å². The van der Waals surface area contributed by atoms with Gasteiger partial charge in [-0.15, -0.1) is 0 Å². The van der Waals surface area contributed by atoms with Gasteiger partial charge in [-0.2, -0.15) is 13.2 Å². The summed E-state index contributed by atoms with van der Waals surface area (Å²) in [5, 5.41) is 2.27. The summed E-state index contributed by atoms with van der Waals surface area (Å²) in [4.78, 5) is 18.1. The molecule has 0 saturated carbocycles. The highest BCUT2D eigenvalue weighted by Crippen LogP contribution is 2.45. The van der Waals surface area contributed by atoms with Gasteiger partial charge in [0.25, 0.3) is 18.3 Å². The number of benzene rings is 1. The molecule has 1 N–H and O–H groups in total. The van der Waals surface area contributed by atoms with Crippen molar-refractivity contribution in [1.82, 2.24) is 9.88 Å². The normalized spacial score (nSPS) is 20.2. The van der Waals surface area contributed by atoms with Gasteiger partial charge in [0.15, 0.2) is 6.17 Å². The van der Waals surface area contributed by atoms with E-state index < -0.39 is 50.3 Å². The number of alkyl halides is 7. The first kappa shape index (κ1) is 24.0. The van der Waals surface area contributed by atoms with Gasteiger partial charge in [0.1, 0.15) is 12.3 Å². The van der Waals surface area contributed by atoms with Gasteiger partial charge in [-0.25, -0.2) is 17.6 Å². The fourth-order valence-electron chi connectivity index (χ4n) is 3.95. The van der Waals surface area contributed by atoms with Crippen molar-refractivity contribution in [3.8, 4) is 11.1 Å². The summed E-state index contributed by atoms with van der Waals surface area (Å²) in [6.07, 6.45) is -8.93. The van der Waals surface area contributed by atoms with Crippen LogP contribution in [0, 0.1) is 0 Å². The lowest BCUT2D eigenvalue weighted by molar-refractivity contribution is -0.142. The molecule has 184 valence electrons. The van der Waals surface area contributed by atoms with Crippen molar-refractivity contribution in [3.05, 3.63) is 42.2 Å². The van der Waals surface area contributed by atoms with Crippen molar-refractivity contribution >= 4 is 17.3 Å². The highest BCUT2D eigenvalue weighted by Gasteiger charge is 2.49. The average molecular weight is 492 g/mol. The molecule has 4 rings (SSSR count). The first-order valence-electron chi connectivity index (χ1n) is 10.2. The van der Waals surface area contributed by atoms with Crippen LogP contribution in [0.25, 0.3) is 11.1 Å². The van der Waals surface area contributed by atoms with Crippen LogP contribution in [0.5, 0.6) is 0 Å². The number of aromatic nitrogens is 1. The Morgan fingerprint density at radius 1 is 1.24 bits per heavy atom. The molecule has 0 aliphatic carbocycles. The summed E-state index contributed by atoms with van der Waals surface area (Å²) in [5.74, 6) is -3.95. The molecule has 6 nitrogen and oxygen atoms in total. The van der Waals surface area contributed by atoms with Crippen molar-refractivity contribution in [3.63, 3.8) is 0 Å². The number of carbonyl (C=O) groups is 1. The molecule has 2 aliphatic heterocycles. The lowest BCUT2D eigenvalue weighted by Gasteiger charge is -2.27. The number of carbonyl (C=O) groups excluding carboxylic acids is 1. The van der Waals surface area contributed by atoms with Crippen molar-refractivity contribution in [1.29, 1.82) is 0 Å². The second-order valence-corrected chi connectivity index (χ2v) is 7.90. The zero-order valence-electron chi connectivity index (χ0n) is 17.5. The number of hydrogen-bond donors (Lipinski definition) is 1. The van der Waals surface area contributed by atoms with E-state index in [0.29, 0.717) is 10.5 Å². The van der Waals surface area contributed by atoms with E-state index in [0.717, 1.165) is 4.90 Å². The Hall–Kier alpha value is -3.09. The second-order valence-electron chi connectivity index (χ2n) is 7.90. The third kappa shape index (κ3) is 4.88. The number of fused-ring (bicyclic) bond motifs is 1. The number of amides is 1. The van der Waals surface area contributed by atoms with Crippen LogP contribution in [0.3, 0.4) is 0 Å². The summed E-state index contributed by atoms with van der Waals surface area (Å²) in [7, 11) is 0. The third-order valence-corrected chi connectivity index (χ3v) is 5.41. The van der Waals surface area contributed by atoms with Crippen molar-refractivity contribution < 1.29 is 40.3 Å². The van der Waals surface area contributed by atoms with Gasteiger partial charge in [0, 0.05) is 23.9 Å². The number of rotatable bonds is 4. The minimum atomic E-state index is -4.82. The molecule has 0 radical (unpaired) electrons. The number of nitrogens with one attached hydrogen (secondary N) is 1. The molecule has 1 amide bonds. The predicted octanol–water partition coefficient (Wildman–Crippen LogP) is 4.24. The summed E-state index contributed by atoms with van der Waals surface area (Å²) >= 11 is 0. The minimum absolute atomic E-state index is 0.00402. The molecule has 2 aromatic rings. The molecule has 1 unspecified atom stereocenters. The molecule has 3 heterocycles. The van der Waals surface area contributed by atoms with Gasteiger partial charge in [-0.3, -0.25) is 9.78 Å². The molecule has 1 aromatic heterocycles. The van der Waals surface area contributed by atoms with Crippen LogP contribution in [-0.2, 0) is 4.74 Å². The largest absolute Gasteiger partial charge is 0.427 e. The third-order valence-electron chi connectivity index (χ3n) is 5.41. The van der Waals surface area contributed by atoms with E-state index in [4.69, 9.17) is 4.74 Å². The Morgan fingerprint density at radius 2 is 2.00 bits per heavy atom. The molecular formula is C21H19F7N4O2. The molecule has 1 aromatic carbocycles. The van der Waals surface area contributed by atoms with Crippen LogP contribution in [0.2, 0.25) is 0 Å². The van der Waals surface area contributed by atoms with Gasteiger partial charge in [-0.05, 0) is 12.1 Å². The fourth-order valence-corrected chi connectivity index (χ4v) is 3.95. The molecule has 13 heteroatoms. The van der Waals surface area contributed by atoms with Crippen molar-refractivity contribution in [2.45, 2.75) is 24.7 Å². The summed E-state index contributed by atoms with van der Waals surface area (Å²) in [6.45, 7) is -2.85. The van der Waals surface area contributed by atoms with Crippen LogP contribution in [-0.4, -0.2) is 73.3 Å². The number of nitrogens with zero attached hydrogens (tertiary/aromatic N) is 3. The predicted molar refractivity (Wildman–Crippen MR) is 108 cm³/mol. The number of para-hydroxylation sites is 1. The maximum Gasteiger partial charge on any atom is 0.427 e. The standard InChI is InChI=1S/C21H19F7N4O2/c22-16(23)9-32-15-3-1-2-13(17(15)30-19(32)21(26,27)28)12-4-5-14(29-8-12)18(33)31-6-7-34-11-20(24,25)10-31/h1-5,8,16,19,30H,6-7,9-11H2. The maximum atomic E-state index is 13.8. The van der Waals surface area contributed by atoms with Gasteiger partial charge in [-0.1, -0.05) is 18.2 Å². The lowest BCUT2D eigenvalue weighted by atomic mass is 10.0. The minimum Gasteiger partial charge on any atom is -0.373 e. The SMILES string of the molecule is O=C(c1ccc(-c2cccc3c2NC(C(F)(F)F)N3CC(F)F)cn1)N1CCOCC(F)(F)C1. The van der Waals surface area contributed by atoms with Crippen molar-refractivity contribution in [2.75, 3.05) is 43.1 Å². The Balaban J connectivity index is 1.61. The van der Waals surface area contributed by atoms with Crippen molar-refractivity contribution in [2.24, 2.45) is 0 Å². The van der Waals surface area contributed by atoms with Crippen LogP contribution in [0.15, 0.2) is 36.5 Å². The van der Waals surface area contributed by atoms with E-state index in [1.165, 1.54) is 36.5 Å². The first-order chi connectivity index (χ1) is 16.0. The van der Waals surface area contributed by atoms with Crippen LogP contribution < -0.4 is 10.2 Å². The number of pyridine rings is 1. The average Bonchev–Trinajstić information content (AvgIpc) is 3.03. The molecule has 34 heavy (non-hydrogen) atoms. The van der Waals surface area contributed by atoms with E-state index in [1.807, 2.05) is 0 Å². The lowest BCUT2D eigenvalue weighted by Crippen LogP contribution is -2.48. The molecule has 0 spiro atoms. The van der Waals surface area contributed by atoms with Gasteiger partial charge in [0.2, 0.25) is 0 Å². The quantitative estimate of drug-likeness (QED) is 0.648. The Morgan fingerprint density at radius 3 is 2.65 bits per heavy atom. The van der Waals surface area contributed by atoms with Crippen LogP contribution in [0.1, 0.15) is 10.5 Å².